The Bertz CT molecular complexity index is 853. The summed E-state index contributed by atoms with van der Waals surface area (Å²) in [7, 11) is 0. The van der Waals surface area contributed by atoms with E-state index >= 15 is 0 Å². The third-order valence-corrected chi connectivity index (χ3v) is 4.34. The lowest BCUT2D eigenvalue weighted by Crippen LogP contribution is -2.67. The van der Waals surface area contributed by atoms with E-state index in [1.165, 1.54) is 38.1 Å². The van der Waals surface area contributed by atoms with Crippen LogP contribution in [-0.2, 0) is 38.1 Å². The zero-order valence-electron chi connectivity index (χ0n) is 18.1. The highest BCUT2D eigenvalue weighted by atomic mass is 16.7. The maximum Gasteiger partial charge on any atom is 0.303 e. The molecule has 1 heterocycles. The van der Waals surface area contributed by atoms with Gasteiger partial charge in [-0.25, -0.2) is 0 Å². The first kappa shape index (κ1) is 24.8. The number of hydrogen-bond acceptors (Lipinski definition) is 10. The summed E-state index contributed by atoms with van der Waals surface area (Å²) in [6.07, 6.45) is -4.05. The first-order valence-electron chi connectivity index (χ1n) is 9.73. The van der Waals surface area contributed by atoms with Crippen molar-refractivity contribution in [3.8, 4) is 5.75 Å². The summed E-state index contributed by atoms with van der Waals surface area (Å²) in [6, 6.07) is 4.97. The fourth-order valence-corrected chi connectivity index (χ4v) is 3.15. The predicted molar refractivity (Wildman–Crippen MR) is 106 cm³/mol. The van der Waals surface area contributed by atoms with E-state index in [0.717, 1.165) is 13.8 Å². The third-order valence-electron chi connectivity index (χ3n) is 4.34. The second kappa shape index (κ2) is 11.2. The average molecular weight is 451 g/mol. The van der Waals surface area contributed by atoms with Crippen LogP contribution >= 0.6 is 0 Å². The van der Waals surface area contributed by atoms with Crippen molar-refractivity contribution in [2.75, 3.05) is 6.61 Å². The Kier molecular flexibility index (Phi) is 8.71. The van der Waals surface area contributed by atoms with Crippen molar-refractivity contribution in [1.29, 1.82) is 0 Å². The Morgan fingerprint density at radius 1 is 0.938 bits per heavy atom. The summed E-state index contributed by atoms with van der Waals surface area (Å²) in [5.74, 6) is -2.21. The second-order valence-electron chi connectivity index (χ2n) is 7.02. The average Bonchev–Trinajstić information content (AvgIpc) is 2.70. The molecule has 0 spiro atoms. The van der Waals surface area contributed by atoms with E-state index in [9.17, 15) is 24.0 Å². The Labute approximate surface area is 184 Å². The van der Waals surface area contributed by atoms with E-state index in [2.05, 4.69) is 5.32 Å². The van der Waals surface area contributed by atoms with E-state index in [1.54, 1.807) is 0 Å². The van der Waals surface area contributed by atoms with E-state index in [1.807, 2.05) is 0 Å². The molecule has 0 aromatic heterocycles. The Hall–Kier alpha value is -3.47. The van der Waals surface area contributed by atoms with Crippen LogP contribution in [0.5, 0.6) is 5.75 Å². The van der Waals surface area contributed by atoms with Gasteiger partial charge in [0.05, 0.1) is 0 Å². The Morgan fingerprint density at radius 3 is 2.03 bits per heavy atom. The van der Waals surface area contributed by atoms with Gasteiger partial charge in [0.1, 0.15) is 30.8 Å². The number of benzene rings is 1. The number of carbonyl (C=O) groups is 5. The van der Waals surface area contributed by atoms with Gasteiger partial charge in [-0.05, 0) is 24.3 Å². The molecule has 0 radical (unpaired) electrons. The fourth-order valence-electron chi connectivity index (χ4n) is 3.15. The number of aldehydes is 1. The van der Waals surface area contributed by atoms with Gasteiger partial charge in [0.2, 0.25) is 12.2 Å². The molecular formula is C21H25NO10. The molecular weight excluding hydrogens is 426 g/mol. The molecule has 1 aliphatic rings. The number of carbonyl (C=O) groups excluding carboxylic acids is 5. The molecule has 174 valence electrons. The van der Waals surface area contributed by atoms with Crippen molar-refractivity contribution in [2.24, 2.45) is 0 Å². The van der Waals surface area contributed by atoms with Crippen LogP contribution in [0.4, 0.5) is 0 Å². The molecule has 11 heteroatoms. The highest BCUT2D eigenvalue weighted by molar-refractivity contribution is 5.75. The van der Waals surface area contributed by atoms with Crippen molar-refractivity contribution >= 4 is 30.1 Å². The first-order chi connectivity index (χ1) is 15.1. The van der Waals surface area contributed by atoms with Gasteiger partial charge in [-0.1, -0.05) is 0 Å². The lowest BCUT2D eigenvalue weighted by atomic mass is 9.96. The number of rotatable bonds is 8. The molecule has 32 heavy (non-hydrogen) atoms. The van der Waals surface area contributed by atoms with Gasteiger partial charge in [0.25, 0.3) is 0 Å². The minimum atomic E-state index is -1.22. The highest BCUT2D eigenvalue weighted by Gasteiger charge is 2.51. The number of ether oxygens (including phenoxy) is 5. The molecule has 1 N–H and O–H groups in total. The number of hydrogen-bond donors (Lipinski definition) is 1. The molecule has 1 saturated heterocycles. The zero-order chi connectivity index (χ0) is 23.8. The Morgan fingerprint density at radius 2 is 1.53 bits per heavy atom. The van der Waals surface area contributed by atoms with Gasteiger partial charge in [-0.2, -0.15) is 0 Å². The minimum absolute atomic E-state index is 0.287. The molecule has 5 atom stereocenters. The number of amides is 1. The van der Waals surface area contributed by atoms with E-state index in [-0.39, 0.29) is 12.4 Å². The fraction of sp³-hybridized carbons (Fsp3) is 0.476. The standard InChI is InChI=1S/C21H25NO10/c1-11(24)22-18-20(30-14(4)27)19(29-13(3)26)17(10-28-12(2)25)32-21(18)31-16-7-5-15(9-23)6-8-16/h5-9,17-21H,10H2,1-4H3,(H,22,24)/t17-,18+,19-,20+,21-/m1/s1. The molecule has 0 saturated carbocycles. The highest BCUT2D eigenvalue weighted by Crippen LogP contribution is 2.29. The maximum atomic E-state index is 11.9. The third kappa shape index (κ3) is 7.05. The summed E-state index contributed by atoms with van der Waals surface area (Å²) in [5, 5.41) is 2.60. The van der Waals surface area contributed by atoms with E-state index < -0.39 is 54.5 Å². The van der Waals surface area contributed by atoms with Crippen molar-refractivity contribution in [1.82, 2.24) is 5.32 Å². The van der Waals surface area contributed by atoms with Crippen molar-refractivity contribution in [3.63, 3.8) is 0 Å². The van der Waals surface area contributed by atoms with Crippen LogP contribution in [0, 0.1) is 0 Å². The summed E-state index contributed by atoms with van der Waals surface area (Å²) >= 11 is 0. The molecule has 1 amide bonds. The quantitative estimate of drug-likeness (QED) is 0.338. The number of nitrogens with one attached hydrogen (secondary N) is 1. The maximum absolute atomic E-state index is 11.9. The van der Waals surface area contributed by atoms with Crippen LogP contribution in [-0.4, -0.2) is 67.4 Å². The largest absolute Gasteiger partial charge is 0.463 e. The topological polar surface area (TPSA) is 144 Å². The smallest absolute Gasteiger partial charge is 0.303 e. The van der Waals surface area contributed by atoms with Crippen LogP contribution in [0.15, 0.2) is 24.3 Å². The van der Waals surface area contributed by atoms with Crippen molar-refractivity contribution < 1.29 is 47.7 Å². The molecule has 11 nitrogen and oxygen atoms in total. The predicted octanol–water partition coefficient (Wildman–Crippen LogP) is 0.534. The normalized spacial score (nSPS) is 24.6. The molecule has 1 fully saturated rings. The second-order valence-corrected chi connectivity index (χ2v) is 7.02. The molecule has 1 aliphatic heterocycles. The summed E-state index contributed by atoms with van der Waals surface area (Å²) in [5.41, 5.74) is 0.417. The molecule has 0 bridgehead atoms. The molecule has 0 aliphatic carbocycles. The van der Waals surface area contributed by atoms with Crippen LogP contribution in [0.25, 0.3) is 0 Å². The van der Waals surface area contributed by atoms with Gasteiger partial charge in [-0.15, -0.1) is 0 Å². The lowest BCUT2D eigenvalue weighted by molar-refractivity contribution is -0.257. The summed E-state index contributed by atoms with van der Waals surface area (Å²) < 4.78 is 27.4. The van der Waals surface area contributed by atoms with E-state index in [0.29, 0.717) is 11.8 Å². The van der Waals surface area contributed by atoms with Gasteiger partial charge in [0.15, 0.2) is 12.2 Å². The van der Waals surface area contributed by atoms with Gasteiger partial charge in [-0.3, -0.25) is 24.0 Å². The SMILES string of the molecule is CC(=O)N[C@@H]1[C@H](Oc2ccc(C=O)cc2)O[C@H](COC(C)=O)[C@@H](OC(C)=O)[C@H]1OC(C)=O. The molecule has 1 aromatic carbocycles. The number of esters is 3. The van der Waals surface area contributed by atoms with Crippen LogP contribution < -0.4 is 10.1 Å². The zero-order valence-corrected chi connectivity index (χ0v) is 18.1. The summed E-state index contributed by atoms with van der Waals surface area (Å²) in [4.78, 5) is 57.6. The van der Waals surface area contributed by atoms with Crippen LogP contribution in [0.2, 0.25) is 0 Å². The molecule has 0 unspecified atom stereocenters. The van der Waals surface area contributed by atoms with Crippen molar-refractivity contribution in [3.05, 3.63) is 29.8 Å². The monoisotopic (exact) mass is 451 g/mol. The van der Waals surface area contributed by atoms with Gasteiger partial charge < -0.3 is 29.0 Å². The summed E-state index contributed by atoms with van der Waals surface area (Å²) in [6.45, 7) is 4.41. The first-order valence-corrected chi connectivity index (χ1v) is 9.73. The van der Waals surface area contributed by atoms with Gasteiger partial charge >= 0.3 is 17.9 Å². The van der Waals surface area contributed by atoms with E-state index in [4.69, 9.17) is 23.7 Å². The molecule has 2 rings (SSSR count). The van der Waals surface area contributed by atoms with Crippen LogP contribution in [0.3, 0.4) is 0 Å². The van der Waals surface area contributed by atoms with Crippen LogP contribution in [0.1, 0.15) is 38.1 Å². The minimum Gasteiger partial charge on any atom is -0.463 e. The van der Waals surface area contributed by atoms with Crippen molar-refractivity contribution in [2.45, 2.75) is 58.3 Å². The lowest BCUT2D eigenvalue weighted by Gasteiger charge is -2.44. The molecule has 1 aromatic rings. The Balaban J connectivity index is 2.43. The van der Waals surface area contributed by atoms with Gasteiger partial charge in [0, 0.05) is 33.3 Å².